The highest BCUT2D eigenvalue weighted by atomic mass is 16.5. The smallest absolute Gasteiger partial charge is 0.226 e. The summed E-state index contributed by atoms with van der Waals surface area (Å²) < 4.78 is 10.8. The molecule has 5 heteroatoms. The third kappa shape index (κ3) is 6.47. The highest BCUT2D eigenvalue weighted by Crippen LogP contribution is 2.17. The van der Waals surface area contributed by atoms with E-state index in [-0.39, 0.29) is 5.91 Å². The quantitative estimate of drug-likeness (QED) is 0.721. The van der Waals surface area contributed by atoms with E-state index in [2.05, 4.69) is 0 Å². The molecule has 0 heterocycles. The van der Waals surface area contributed by atoms with Gasteiger partial charge in [-0.15, -0.1) is 0 Å². The molecule has 0 saturated carbocycles. The molecule has 0 aliphatic heterocycles. The Morgan fingerprint density at radius 2 is 1.72 bits per heavy atom. The Morgan fingerprint density at radius 3 is 2.36 bits per heavy atom. The molecule has 1 amide bonds. The Morgan fingerprint density at radius 1 is 1.04 bits per heavy atom. The first-order valence-electron chi connectivity index (χ1n) is 8.51. The second kappa shape index (κ2) is 10.4. The lowest BCUT2D eigenvalue weighted by molar-refractivity contribution is -0.132. The summed E-state index contributed by atoms with van der Waals surface area (Å²) in [5.41, 5.74) is 6.71. The fraction of sp³-hybridized carbons (Fsp3) is 0.350. The van der Waals surface area contributed by atoms with E-state index in [1.54, 1.807) is 7.11 Å². The van der Waals surface area contributed by atoms with Gasteiger partial charge in [-0.1, -0.05) is 30.3 Å². The van der Waals surface area contributed by atoms with E-state index in [1.165, 1.54) is 0 Å². The number of benzene rings is 2. The highest BCUT2D eigenvalue weighted by molar-refractivity contribution is 5.76. The molecule has 25 heavy (non-hydrogen) atoms. The molecule has 0 fully saturated rings. The summed E-state index contributed by atoms with van der Waals surface area (Å²) in [6, 6.07) is 17.3. The third-order valence-corrected chi connectivity index (χ3v) is 3.85. The maximum Gasteiger partial charge on any atom is 0.226 e. The van der Waals surface area contributed by atoms with Gasteiger partial charge in [-0.05, 0) is 42.8 Å². The number of carbonyl (C=O) groups excluding carboxylic acids is 1. The molecule has 0 aliphatic carbocycles. The van der Waals surface area contributed by atoms with Crippen LogP contribution in [-0.2, 0) is 11.3 Å². The van der Waals surface area contributed by atoms with Crippen molar-refractivity contribution in [2.75, 3.05) is 26.8 Å². The second-order valence-electron chi connectivity index (χ2n) is 5.72. The topological polar surface area (TPSA) is 64.8 Å². The van der Waals surface area contributed by atoms with E-state index in [9.17, 15) is 4.79 Å². The number of methoxy groups -OCH3 is 1. The second-order valence-corrected chi connectivity index (χ2v) is 5.72. The van der Waals surface area contributed by atoms with Crippen LogP contribution in [0.2, 0.25) is 0 Å². The van der Waals surface area contributed by atoms with Crippen molar-refractivity contribution >= 4 is 5.91 Å². The number of amides is 1. The first-order chi connectivity index (χ1) is 12.2. The van der Waals surface area contributed by atoms with Crippen molar-refractivity contribution in [2.45, 2.75) is 19.4 Å². The molecule has 5 nitrogen and oxygen atoms in total. The molecule has 134 valence electrons. The Kier molecular flexibility index (Phi) is 7.79. The van der Waals surface area contributed by atoms with E-state index in [1.807, 2.05) is 59.5 Å². The van der Waals surface area contributed by atoms with Crippen LogP contribution in [0.5, 0.6) is 11.5 Å². The lowest BCUT2D eigenvalue weighted by atomic mass is 10.2. The van der Waals surface area contributed by atoms with E-state index in [0.717, 1.165) is 23.5 Å². The van der Waals surface area contributed by atoms with Crippen LogP contribution in [0, 0.1) is 0 Å². The monoisotopic (exact) mass is 342 g/mol. The molecule has 0 saturated heterocycles. The fourth-order valence-corrected chi connectivity index (χ4v) is 2.46. The average Bonchev–Trinajstić information content (AvgIpc) is 2.66. The molecule has 0 spiro atoms. The summed E-state index contributed by atoms with van der Waals surface area (Å²) >= 11 is 0. The Bertz CT molecular complexity index is 629. The molecular weight excluding hydrogens is 316 g/mol. The molecule has 2 aromatic rings. The van der Waals surface area contributed by atoms with Crippen LogP contribution in [-0.4, -0.2) is 37.6 Å². The SMILES string of the molecule is COc1ccc(OCCC(=O)N(CCCN)Cc2ccccc2)cc1. The van der Waals surface area contributed by atoms with Crippen LogP contribution in [0.4, 0.5) is 0 Å². The van der Waals surface area contributed by atoms with Crippen molar-refractivity contribution in [3.05, 3.63) is 60.2 Å². The normalized spacial score (nSPS) is 10.3. The van der Waals surface area contributed by atoms with Gasteiger partial charge in [0.25, 0.3) is 0 Å². The summed E-state index contributed by atoms with van der Waals surface area (Å²) in [5, 5.41) is 0. The van der Waals surface area contributed by atoms with Gasteiger partial charge in [-0.3, -0.25) is 4.79 Å². The van der Waals surface area contributed by atoms with E-state index >= 15 is 0 Å². The summed E-state index contributed by atoms with van der Waals surface area (Å²) in [6.07, 6.45) is 1.13. The summed E-state index contributed by atoms with van der Waals surface area (Å²) in [6.45, 7) is 2.18. The molecule has 0 atom stereocenters. The van der Waals surface area contributed by atoms with Gasteiger partial charge in [-0.25, -0.2) is 0 Å². The van der Waals surface area contributed by atoms with Gasteiger partial charge >= 0.3 is 0 Å². The lowest BCUT2D eigenvalue weighted by Crippen LogP contribution is -2.33. The van der Waals surface area contributed by atoms with Crippen LogP contribution >= 0.6 is 0 Å². The predicted molar refractivity (Wildman–Crippen MR) is 98.6 cm³/mol. The first kappa shape index (κ1) is 18.8. The molecule has 0 aliphatic rings. The highest BCUT2D eigenvalue weighted by Gasteiger charge is 2.13. The summed E-state index contributed by atoms with van der Waals surface area (Å²) in [5.74, 6) is 1.58. The zero-order valence-corrected chi connectivity index (χ0v) is 14.7. The molecule has 0 bridgehead atoms. The standard InChI is InChI=1S/C20H26N2O3/c1-24-18-8-10-19(11-9-18)25-15-12-20(23)22(14-5-13-21)16-17-6-3-2-4-7-17/h2-4,6-11H,5,12-16,21H2,1H3. The molecule has 2 aromatic carbocycles. The number of hydrogen-bond donors (Lipinski definition) is 1. The molecule has 2 rings (SSSR count). The number of nitrogens with two attached hydrogens (primary N) is 1. The van der Waals surface area contributed by atoms with Crippen molar-refractivity contribution < 1.29 is 14.3 Å². The van der Waals surface area contributed by atoms with Crippen LogP contribution in [0.15, 0.2) is 54.6 Å². The summed E-state index contributed by atoms with van der Waals surface area (Å²) in [7, 11) is 1.62. The minimum Gasteiger partial charge on any atom is -0.497 e. The van der Waals surface area contributed by atoms with Crippen LogP contribution in [0.3, 0.4) is 0 Å². The van der Waals surface area contributed by atoms with Crippen molar-refractivity contribution in [3.8, 4) is 11.5 Å². The predicted octanol–water partition coefficient (Wildman–Crippen LogP) is 2.84. The van der Waals surface area contributed by atoms with Gasteiger partial charge in [-0.2, -0.15) is 0 Å². The minimum atomic E-state index is 0.0748. The van der Waals surface area contributed by atoms with Gasteiger partial charge < -0.3 is 20.1 Å². The van der Waals surface area contributed by atoms with Gasteiger partial charge in [0.2, 0.25) is 5.91 Å². The fourth-order valence-electron chi connectivity index (χ4n) is 2.46. The van der Waals surface area contributed by atoms with Gasteiger partial charge in [0, 0.05) is 13.1 Å². The zero-order chi connectivity index (χ0) is 17.9. The zero-order valence-electron chi connectivity index (χ0n) is 14.7. The number of rotatable bonds is 10. The Balaban J connectivity index is 1.85. The summed E-state index contributed by atoms with van der Waals surface area (Å²) in [4.78, 5) is 14.4. The van der Waals surface area contributed by atoms with Crippen molar-refractivity contribution in [1.82, 2.24) is 4.90 Å². The van der Waals surface area contributed by atoms with Crippen LogP contribution < -0.4 is 15.2 Å². The van der Waals surface area contributed by atoms with E-state index in [0.29, 0.717) is 32.7 Å². The Labute approximate surface area is 149 Å². The van der Waals surface area contributed by atoms with Gasteiger partial charge in [0.1, 0.15) is 11.5 Å². The van der Waals surface area contributed by atoms with Crippen molar-refractivity contribution in [2.24, 2.45) is 5.73 Å². The van der Waals surface area contributed by atoms with Gasteiger partial charge in [0.05, 0.1) is 20.1 Å². The molecule has 0 radical (unpaired) electrons. The van der Waals surface area contributed by atoms with E-state index < -0.39 is 0 Å². The molecule has 2 N–H and O–H groups in total. The number of nitrogens with zero attached hydrogens (tertiary/aromatic N) is 1. The van der Waals surface area contributed by atoms with Gasteiger partial charge in [0.15, 0.2) is 0 Å². The van der Waals surface area contributed by atoms with Crippen LogP contribution in [0.1, 0.15) is 18.4 Å². The largest absolute Gasteiger partial charge is 0.497 e. The lowest BCUT2D eigenvalue weighted by Gasteiger charge is -2.23. The van der Waals surface area contributed by atoms with Crippen molar-refractivity contribution in [1.29, 1.82) is 0 Å². The molecular formula is C20H26N2O3. The van der Waals surface area contributed by atoms with E-state index in [4.69, 9.17) is 15.2 Å². The Hall–Kier alpha value is -2.53. The number of ether oxygens (including phenoxy) is 2. The number of carbonyl (C=O) groups is 1. The molecule has 0 aromatic heterocycles. The average molecular weight is 342 g/mol. The third-order valence-electron chi connectivity index (χ3n) is 3.85. The van der Waals surface area contributed by atoms with Crippen LogP contribution in [0.25, 0.3) is 0 Å². The first-order valence-corrected chi connectivity index (χ1v) is 8.51. The minimum absolute atomic E-state index is 0.0748. The maximum atomic E-state index is 12.5. The maximum absolute atomic E-state index is 12.5. The number of hydrogen-bond acceptors (Lipinski definition) is 4. The molecule has 0 unspecified atom stereocenters. The van der Waals surface area contributed by atoms with Crippen molar-refractivity contribution in [3.63, 3.8) is 0 Å².